The number of rotatable bonds is 6. The van der Waals surface area contributed by atoms with E-state index in [2.05, 4.69) is 5.09 Å². The largest absolute Gasteiger partial charge is 0.413 e. The van der Waals surface area contributed by atoms with Crippen LogP contribution in [0, 0.1) is 0 Å². The zero-order valence-electron chi connectivity index (χ0n) is 12.6. The van der Waals surface area contributed by atoms with Gasteiger partial charge in [0.25, 0.3) is 0 Å². The third kappa shape index (κ3) is 7.08. The Bertz CT molecular complexity index is 434. The summed E-state index contributed by atoms with van der Waals surface area (Å²) in [6.45, 7) is 12.0. The molecule has 1 aromatic carbocycles. The zero-order valence-corrected chi connectivity index (χ0v) is 15.5. The van der Waals surface area contributed by atoms with Crippen LogP contribution in [-0.4, -0.2) is 16.6 Å². The fourth-order valence-corrected chi connectivity index (χ4v) is 8.54. The zero-order chi connectivity index (χ0) is 14.7. The summed E-state index contributed by atoms with van der Waals surface area (Å²) in [5.41, 5.74) is 0.752. The van der Waals surface area contributed by atoms with Crippen molar-refractivity contribution in [3.05, 3.63) is 30.3 Å². The lowest BCUT2D eigenvalue weighted by molar-refractivity contribution is 0.390. The Morgan fingerprint density at radius 2 is 1.32 bits per heavy atom. The quantitative estimate of drug-likeness (QED) is 0.598. The second-order valence-corrected chi connectivity index (χ2v) is 17.5. The highest BCUT2D eigenvalue weighted by atomic mass is 31.2. The van der Waals surface area contributed by atoms with E-state index in [1.165, 1.54) is 0 Å². The smallest absolute Gasteiger partial charge is 0.336 e. The molecule has 0 aromatic heterocycles. The van der Waals surface area contributed by atoms with Gasteiger partial charge < -0.3 is 8.43 Å². The maximum Gasteiger partial charge on any atom is 0.413 e. The molecule has 0 saturated carbocycles. The Balaban J connectivity index is 2.96. The maximum atomic E-state index is 12.9. The summed E-state index contributed by atoms with van der Waals surface area (Å²) in [4.78, 5) is 0. The summed E-state index contributed by atoms with van der Waals surface area (Å²) in [7, 11) is -7.26. The van der Waals surface area contributed by atoms with Gasteiger partial charge in [0.15, 0.2) is 16.6 Å². The standard InChI is InChI=1S/C12H24NO3PSi2/c1-18(2,3)15-17(14,16-19(4,5)6)13-12-10-8-7-9-11-12/h7-11H,1-6H3,(H,13,14). The molecule has 0 unspecified atom stereocenters. The Labute approximate surface area is 118 Å². The van der Waals surface area contributed by atoms with Crippen LogP contribution in [0.3, 0.4) is 0 Å². The van der Waals surface area contributed by atoms with E-state index in [1.807, 2.05) is 69.6 Å². The Kier molecular flexibility index (Phi) is 5.20. The summed E-state index contributed by atoms with van der Waals surface area (Å²) in [5.74, 6) is 0. The number of nitrogens with one attached hydrogen (secondary N) is 1. The van der Waals surface area contributed by atoms with Crippen molar-refractivity contribution >= 4 is 30.1 Å². The van der Waals surface area contributed by atoms with Crippen molar-refractivity contribution in [1.29, 1.82) is 0 Å². The normalized spacial score (nSPS) is 13.4. The lowest BCUT2D eigenvalue weighted by atomic mass is 10.3. The lowest BCUT2D eigenvalue weighted by Gasteiger charge is -2.31. The summed E-state index contributed by atoms with van der Waals surface area (Å²) >= 11 is 0. The highest BCUT2D eigenvalue weighted by Gasteiger charge is 2.36. The van der Waals surface area contributed by atoms with Crippen LogP contribution in [0.25, 0.3) is 0 Å². The SMILES string of the molecule is C[Si](C)(C)OP(=O)(Nc1ccccc1)O[Si](C)(C)C. The molecule has 108 valence electrons. The van der Waals surface area contributed by atoms with Crippen molar-refractivity contribution in [2.24, 2.45) is 0 Å². The van der Waals surface area contributed by atoms with Crippen LogP contribution in [0.5, 0.6) is 0 Å². The van der Waals surface area contributed by atoms with Gasteiger partial charge in [0.05, 0.1) is 0 Å². The summed E-state index contributed by atoms with van der Waals surface area (Å²) < 4.78 is 24.5. The van der Waals surface area contributed by atoms with Gasteiger partial charge in [0.2, 0.25) is 0 Å². The summed E-state index contributed by atoms with van der Waals surface area (Å²) in [6.07, 6.45) is 0. The van der Waals surface area contributed by atoms with Gasteiger partial charge in [-0.25, -0.2) is 4.57 Å². The Hall–Kier alpha value is -0.396. The number of para-hydroxylation sites is 1. The van der Waals surface area contributed by atoms with E-state index in [0.717, 1.165) is 5.69 Å². The molecule has 0 heterocycles. The van der Waals surface area contributed by atoms with E-state index in [0.29, 0.717) is 0 Å². The minimum atomic E-state index is -3.31. The molecule has 0 aliphatic carbocycles. The first-order chi connectivity index (χ1) is 8.49. The number of anilines is 1. The van der Waals surface area contributed by atoms with Gasteiger partial charge >= 0.3 is 7.75 Å². The summed E-state index contributed by atoms with van der Waals surface area (Å²) in [5, 5.41) is 2.95. The van der Waals surface area contributed by atoms with Gasteiger partial charge in [0.1, 0.15) is 0 Å². The van der Waals surface area contributed by atoms with Gasteiger partial charge in [0, 0.05) is 5.69 Å². The molecule has 0 aliphatic heterocycles. The average molecular weight is 317 g/mol. The monoisotopic (exact) mass is 317 g/mol. The highest BCUT2D eigenvalue weighted by molar-refractivity contribution is 7.58. The molecule has 19 heavy (non-hydrogen) atoms. The van der Waals surface area contributed by atoms with Crippen molar-refractivity contribution in [3.63, 3.8) is 0 Å². The minimum absolute atomic E-state index is 0.752. The van der Waals surface area contributed by atoms with Gasteiger partial charge in [-0.15, -0.1) is 0 Å². The molecule has 7 heteroatoms. The van der Waals surface area contributed by atoms with Crippen molar-refractivity contribution in [2.75, 3.05) is 5.09 Å². The van der Waals surface area contributed by atoms with Gasteiger partial charge in [-0.1, -0.05) is 18.2 Å². The van der Waals surface area contributed by atoms with E-state index >= 15 is 0 Å². The average Bonchev–Trinajstić information content (AvgIpc) is 2.11. The molecule has 0 aliphatic rings. The molecule has 0 bridgehead atoms. The van der Waals surface area contributed by atoms with Crippen LogP contribution < -0.4 is 5.09 Å². The van der Waals surface area contributed by atoms with Crippen LogP contribution in [0.2, 0.25) is 39.3 Å². The van der Waals surface area contributed by atoms with Crippen molar-refractivity contribution in [3.8, 4) is 0 Å². The van der Waals surface area contributed by atoms with E-state index < -0.39 is 24.4 Å². The fourth-order valence-electron chi connectivity index (χ4n) is 1.46. The van der Waals surface area contributed by atoms with Crippen LogP contribution in [0.1, 0.15) is 0 Å². The molecule has 1 rings (SSSR count). The van der Waals surface area contributed by atoms with E-state index in [-0.39, 0.29) is 0 Å². The Morgan fingerprint density at radius 3 is 1.68 bits per heavy atom. The molecule has 4 nitrogen and oxygen atoms in total. The summed E-state index contributed by atoms with van der Waals surface area (Å²) in [6, 6.07) is 9.39. The molecule has 0 atom stereocenters. The van der Waals surface area contributed by atoms with Crippen molar-refractivity contribution < 1.29 is 13.0 Å². The van der Waals surface area contributed by atoms with E-state index in [1.54, 1.807) is 0 Å². The van der Waals surface area contributed by atoms with E-state index in [4.69, 9.17) is 8.43 Å². The Morgan fingerprint density at radius 1 is 0.895 bits per heavy atom. The first-order valence-electron chi connectivity index (χ1n) is 6.34. The molecular formula is C12H24NO3PSi2. The van der Waals surface area contributed by atoms with Crippen LogP contribution >= 0.6 is 7.75 Å². The molecule has 0 amide bonds. The number of benzene rings is 1. The highest BCUT2D eigenvalue weighted by Crippen LogP contribution is 2.52. The molecule has 0 saturated heterocycles. The van der Waals surface area contributed by atoms with Crippen molar-refractivity contribution in [1.82, 2.24) is 0 Å². The third-order valence-corrected chi connectivity index (χ3v) is 8.66. The van der Waals surface area contributed by atoms with Crippen molar-refractivity contribution in [2.45, 2.75) is 39.3 Å². The first-order valence-corrected chi connectivity index (χ1v) is 14.7. The van der Waals surface area contributed by atoms with Gasteiger partial charge in [-0.3, -0.25) is 5.09 Å². The first kappa shape index (κ1) is 16.7. The van der Waals surface area contributed by atoms with Crippen LogP contribution in [0.4, 0.5) is 5.69 Å². The molecular weight excluding hydrogens is 293 g/mol. The second kappa shape index (κ2) is 5.93. The second-order valence-electron chi connectivity index (χ2n) is 6.38. The van der Waals surface area contributed by atoms with Crippen LogP contribution in [0.15, 0.2) is 30.3 Å². The molecule has 0 fully saturated rings. The molecule has 1 aromatic rings. The number of hydrogen-bond donors (Lipinski definition) is 1. The van der Waals surface area contributed by atoms with Gasteiger partial charge in [-0.05, 0) is 51.4 Å². The fraction of sp³-hybridized carbons (Fsp3) is 0.500. The molecule has 0 radical (unpaired) electrons. The third-order valence-electron chi connectivity index (χ3n) is 1.83. The maximum absolute atomic E-state index is 12.9. The van der Waals surface area contributed by atoms with Crippen LogP contribution in [-0.2, 0) is 13.0 Å². The molecule has 1 N–H and O–H groups in total. The predicted molar refractivity (Wildman–Crippen MR) is 86.5 cm³/mol. The van der Waals surface area contributed by atoms with Gasteiger partial charge in [-0.2, -0.15) is 0 Å². The number of hydrogen-bond acceptors (Lipinski definition) is 3. The van der Waals surface area contributed by atoms with E-state index in [9.17, 15) is 4.57 Å². The lowest BCUT2D eigenvalue weighted by Crippen LogP contribution is -2.31. The topological polar surface area (TPSA) is 47.6 Å². The predicted octanol–water partition coefficient (Wildman–Crippen LogP) is 4.91. The minimum Gasteiger partial charge on any atom is -0.336 e. The molecule has 0 spiro atoms.